The van der Waals surface area contributed by atoms with Crippen molar-refractivity contribution < 1.29 is 5.11 Å². The number of hydrogen-bond donors (Lipinski definition) is 2. The summed E-state index contributed by atoms with van der Waals surface area (Å²) in [4.78, 5) is 4.57. The van der Waals surface area contributed by atoms with Gasteiger partial charge in [-0.3, -0.25) is 4.98 Å². The first-order chi connectivity index (χ1) is 11.2. The summed E-state index contributed by atoms with van der Waals surface area (Å²) < 4.78 is 0. The monoisotopic (exact) mass is 326 g/mol. The lowest BCUT2D eigenvalue weighted by atomic mass is 9.72. The standard InChI is InChI=1S/C19H19ClN2O/c20-16-5-6-17-14(12-16)4-3-13-2-1-9-22-18(13)19(17,23)15-7-10-21-11-8-15/h1-6,9,12,15,21,23H,7-8,10-11H2. The van der Waals surface area contributed by atoms with Crippen LogP contribution >= 0.6 is 11.6 Å². The van der Waals surface area contributed by atoms with Crippen molar-refractivity contribution in [1.29, 1.82) is 0 Å². The molecule has 1 aromatic heterocycles. The van der Waals surface area contributed by atoms with Crippen LogP contribution in [-0.4, -0.2) is 23.2 Å². The summed E-state index contributed by atoms with van der Waals surface area (Å²) in [5.41, 5.74) is 2.52. The van der Waals surface area contributed by atoms with Crippen LogP contribution in [0.15, 0.2) is 36.5 Å². The second kappa shape index (κ2) is 5.75. The Balaban J connectivity index is 1.97. The number of fused-ring (bicyclic) bond motifs is 2. The Kier molecular flexibility index (Phi) is 3.72. The summed E-state index contributed by atoms with van der Waals surface area (Å²) in [5.74, 6) is 0.136. The molecule has 1 aliphatic heterocycles. The molecule has 1 unspecified atom stereocenters. The van der Waals surface area contributed by atoms with E-state index in [4.69, 9.17) is 11.6 Å². The molecule has 0 bridgehead atoms. The minimum Gasteiger partial charge on any atom is -0.378 e. The molecule has 4 rings (SSSR count). The average Bonchev–Trinajstić information content (AvgIpc) is 2.72. The normalized spacial score (nSPS) is 23.9. The van der Waals surface area contributed by atoms with Gasteiger partial charge in [-0.15, -0.1) is 0 Å². The molecule has 2 N–H and O–H groups in total. The zero-order valence-electron chi connectivity index (χ0n) is 12.8. The van der Waals surface area contributed by atoms with Crippen LogP contribution in [-0.2, 0) is 5.60 Å². The highest BCUT2D eigenvalue weighted by Gasteiger charge is 2.44. The predicted molar refractivity (Wildman–Crippen MR) is 93.2 cm³/mol. The number of aromatic nitrogens is 1. The first-order valence-corrected chi connectivity index (χ1v) is 8.44. The largest absolute Gasteiger partial charge is 0.378 e. The minimum atomic E-state index is -1.08. The first-order valence-electron chi connectivity index (χ1n) is 8.06. The second-order valence-corrected chi connectivity index (χ2v) is 6.73. The van der Waals surface area contributed by atoms with Crippen LogP contribution in [0.25, 0.3) is 12.2 Å². The van der Waals surface area contributed by atoms with Gasteiger partial charge in [-0.2, -0.15) is 0 Å². The number of piperidine rings is 1. The van der Waals surface area contributed by atoms with Crippen molar-refractivity contribution in [3.05, 3.63) is 63.9 Å². The molecule has 1 aliphatic carbocycles. The van der Waals surface area contributed by atoms with Gasteiger partial charge in [0.05, 0.1) is 5.69 Å². The minimum absolute atomic E-state index is 0.136. The average molecular weight is 327 g/mol. The molecule has 2 heterocycles. The Morgan fingerprint density at radius 2 is 1.91 bits per heavy atom. The summed E-state index contributed by atoms with van der Waals surface area (Å²) in [6.45, 7) is 1.84. The third kappa shape index (κ3) is 2.40. The van der Waals surface area contributed by atoms with Crippen molar-refractivity contribution in [2.45, 2.75) is 18.4 Å². The molecular weight excluding hydrogens is 308 g/mol. The summed E-state index contributed by atoms with van der Waals surface area (Å²) in [6, 6.07) is 9.65. The van der Waals surface area contributed by atoms with E-state index < -0.39 is 5.60 Å². The molecule has 118 valence electrons. The first kappa shape index (κ1) is 14.9. The highest BCUT2D eigenvalue weighted by Crippen LogP contribution is 2.45. The van der Waals surface area contributed by atoms with Gasteiger partial charge in [0.25, 0.3) is 0 Å². The maximum atomic E-state index is 11.9. The lowest BCUT2D eigenvalue weighted by molar-refractivity contribution is -0.00156. The quantitative estimate of drug-likeness (QED) is 0.843. The highest BCUT2D eigenvalue weighted by molar-refractivity contribution is 6.30. The van der Waals surface area contributed by atoms with Crippen LogP contribution in [0.4, 0.5) is 0 Å². The number of rotatable bonds is 1. The zero-order chi connectivity index (χ0) is 15.9. The fourth-order valence-corrected chi connectivity index (χ4v) is 4.03. The molecule has 1 aromatic carbocycles. The van der Waals surface area contributed by atoms with E-state index in [9.17, 15) is 5.11 Å². The van der Waals surface area contributed by atoms with E-state index in [1.165, 1.54) is 0 Å². The Hall–Kier alpha value is -1.68. The molecule has 1 atom stereocenters. The van der Waals surface area contributed by atoms with Gasteiger partial charge >= 0.3 is 0 Å². The molecule has 1 fully saturated rings. The van der Waals surface area contributed by atoms with Crippen LogP contribution in [0.3, 0.4) is 0 Å². The van der Waals surface area contributed by atoms with Crippen LogP contribution in [0, 0.1) is 5.92 Å². The smallest absolute Gasteiger partial charge is 0.135 e. The fraction of sp³-hybridized carbons (Fsp3) is 0.316. The zero-order valence-corrected chi connectivity index (χ0v) is 13.6. The number of nitrogens with zero attached hydrogens (tertiary/aromatic N) is 1. The Bertz CT molecular complexity index is 768. The van der Waals surface area contributed by atoms with Gasteiger partial charge in [0, 0.05) is 17.1 Å². The van der Waals surface area contributed by atoms with Crippen LogP contribution in [0.1, 0.15) is 35.2 Å². The van der Waals surface area contributed by atoms with Gasteiger partial charge in [-0.1, -0.05) is 35.9 Å². The molecular formula is C19H19ClN2O. The lowest BCUT2D eigenvalue weighted by Crippen LogP contribution is -2.43. The number of hydrogen-bond acceptors (Lipinski definition) is 3. The van der Waals surface area contributed by atoms with E-state index in [1.54, 1.807) is 6.20 Å². The molecule has 3 nitrogen and oxygen atoms in total. The van der Waals surface area contributed by atoms with Crippen molar-refractivity contribution in [2.75, 3.05) is 13.1 Å². The molecule has 2 aromatic rings. The van der Waals surface area contributed by atoms with E-state index in [0.29, 0.717) is 5.02 Å². The Morgan fingerprint density at radius 3 is 2.74 bits per heavy atom. The maximum absolute atomic E-state index is 11.9. The SMILES string of the molecule is OC1(C2CCNCC2)c2ccc(Cl)cc2C=Cc2cccnc21. The molecule has 23 heavy (non-hydrogen) atoms. The van der Waals surface area contributed by atoms with Crippen LogP contribution in [0.2, 0.25) is 5.02 Å². The molecule has 0 saturated carbocycles. The third-order valence-corrected chi connectivity index (χ3v) is 5.23. The highest BCUT2D eigenvalue weighted by atomic mass is 35.5. The predicted octanol–water partition coefficient (Wildman–Crippen LogP) is 3.45. The summed E-state index contributed by atoms with van der Waals surface area (Å²) in [7, 11) is 0. The van der Waals surface area contributed by atoms with Crippen molar-refractivity contribution in [3.8, 4) is 0 Å². The van der Waals surface area contributed by atoms with Crippen molar-refractivity contribution in [2.24, 2.45) is 5.92 Å². The maximum Gasteiger partial charge on any atom is 0.135 e. The topological polar surface area (TPSA) is 45.1 Å². The lowest BCUT2D eigenvalue weighted by Gasteiger charge is -2.39. The summed E-state index contributed by atoms with van der Waals surface area (Å²) in [6.07, 6.45) is 7.67. The third-order valence-electron chi connectivity index (χ3n) is 5.00. The number of halogens is 1. The fourth-order valence-electron chi connectivity index (χ4n) is 3.85. The Labute approximate surface area is 141 Å². The molecule has 1 saturated heterocycles. The number of benzene rings is 1. The molecule has 2 aliphatic rings. The van der Waals surface area contributed by atoms with Gasteiger partial charge in [0.2, 0.25) is 0 Å². The molecule has 0 radical (unpaired) electrons. The second-order valence-electron chi connectivity index (χ2n) is 6.30. The van der Waals surface area contributed by atoms with Crippen molar-refractivity contribution in [3.63, 3.8) is 0 Å². The number of pyridine rings is 1. The van der Waals surface area contributed by atoms with E-state index in [1.807, 2.05) is 42.5 Å². The van der Waals surface area contributed by atoms with Gasteiger partial charge < -0.3 is 10.4 Å². The van der Waals surface area contributed by atoms with Crippen molar-refractivity contribution in [1.82, 2.24) is 10.3 Å². The number of aliphatic hydroxyl groups is 1. The summed E-state index contributed by atoms with van der Waals surface area (Å²) >= 11 is 6.18. The van der Waals surface area contributed by atoms with Crippen molar-refractivity contribution >= 4 is 23.8 Å². The Morgan fingerprint density at radius 1 is 1.13 bits per heavy atom. The van der Waals surface area contributed by atoms with Gasteiger partial charge in [0.1, 0.15) is 5.60 Å². The van der Waals surface area contributed by atoms with Crippen LogP contribution in [0.5, 0.6) is 0 Å². The van der Waals surface area contributed by atoms with E-state index in [2.05, 4.69) is 10.3 Å². The van der Waals surface area contributed by atoms with Gasteiger partial charge in [-0.25, -0.2) is 0 Å². The van der Waals surface area contributed by atoms with E-state index in [-0.39, 0.29) is 5.92 Å². The van der Waals surface area contributed by atoms with Gasteiger partial charge in [-0.05, 0) is 60.8 Å². The number of nitrogens with one attached hydrogen (secondary N) is 1. The van der Waals surface area contributed by atoms with E-state index in [0.717, 1.165) is 48.3 Å². The van der Waals surface area contributed by atoms with E-state index >= 15 is 0 Å². The molecule has 0 spiro atoms. The van der Waals surface area contributed by atoms with Gasteiger partial charge in [0.15, 0.2) is 0 Å². The molecule has 0 amide bonds. The van der Waals surface area contributed by atoms with Crippen LogP contribution < -0.4 is 5.32 Å². The summed E-state index contributed by atoms with van der Waals surface area (Å²) in [5, 5.41) is 16.0. The molecule has 4 heteroatoms.